The van der Waals surface area contributed by atoms with Crippen LogP contribution in [0.4, 0.5) is 0 Å². The zero-order chi connectivity index (χ0) is 16.9. The second-order valence-corrected chi connectivity index (χ2v) is 6.65. The third-order valence-corrected chi connectivity index (χ3v) is 4.17. The van der Waals surface area contributed by atoms with Gasteiger partial charge in [-0.2, -0.15) is 0 Å². The third-order valence-electron chi connectivity index (χ3n) is 4.17. The monoisotopic (exact) mass is 319 g/mol. The fraction of sp³-hybridized carbons (Fsp3) is 0.588. The SMILES string of the molecule is CC(C)(CNC(=O)CN1CCCCC(O)C1=O)c1ccccn1. The molecule has 2 amide bonds. The summed E-state index contributed by atoms with van der Waals surface area (Å²) in [5.41, 5.74) is 0.612. The van der Waals surface area contributed by atoms with Crippen LogP contribution in [0.1, 0.15) is 38.8 Å². The van der Waals surface area contributed by atoms with Crippen molar-refractivity contribution >= 4 is 11.8 Å². The number of carbonyl (C=O) groups is 2. The number of likely N-dealkylation sites (tertiary alicyclic amines) is 1. The van der Waals surface area contributed by atoms with E-state index in [0.717, 1.165) is 18.5 Å². The minimum atomic E-state index is -0.977. The molecular formula is C17H25N3O3. The van der Waals surface area contributed by atoms with Gasteiger partial charge in [0.25, 0.3) is 5.91 Å². The van der Waals surface area contributed by atoms with Gasteiger partial charge < -0.3 is 15.3 Å². The van der Waals surface area contributed by atoms with Crippen LogP contribution < -0.4 is 5.32 Å². The summed E-state index contributed by atoms with van der Waals surface area (Å²) in [6.07, 6.45) is 2.85. The van der Waals surface area contributed by atoms with Gasteiger partial charge >= 0.3 is 0 Å². The Labute approximate surface area is 136 Å². The van der Waals surface area contributed by atoms with Crippen molar-refractivity contribution in [3.8, 4) is 0 Å². The van der Waals surface area contributed by atoms with E-state index in [-0.39, 0.29) is 23.8 Å². The number of carbonyl (C=O) groups excluding carboxylic acids is 2. The van der Waals surface area contributed by atoms with E-state index in [1.54, 1.807) is 6.20 Å². The molecule has 6 heteroatoms. The Morgan fingerprint density at radius 3 is 2.91 bits per heavy atom. The van der Waals surface area contributed by atoms with Gasteiger partial charge in [-0.3, -0.25) is 14.6 Å². The molecule has 126 valence electrons. The Hall–Kier alpha value is -1.95. The highest BCUT2D eigenvalue weighted by Gasteiger charge is 2.27. The first-order valence-corrected chi connectivity index (χ1v) is 8.05. The van der Waals surface area contributed by atoms with Crippen molar-refractivity contribution in [2.24, 2.45) is 0 Å². The highest BCUT2D eigenvalue weighted by molar-refractivity contribution is 5.87. The molecule has 0 radical (unpaired) electrons. The van der Waals surface area contributed by atoms with Crippen LogP contribution in [0.2, 0.25) is 0 Å². The maximum atomic E-state index is 12.1. The van der Waals surface area contributed by atoms with E-state index in [4.69, 9.17) is 0 Å². The van der Waals surface area contributed by atoms with Crippen molar-refractivity contribution in [1.82, 2.24) is 15.2 Å². The number of amides is 2. The van der Waals surface area contributed by atoms with Crippen molar-refractivity contribution < 1.29 is 14.7 Å². The highest BCUT2D eigenvalue weighted by Crippen LogP contribution is 2.19. The van der Waals surface area contributed by atoms with Crippen molar-refractivity contribution in [2.75, 3.05) is 19.6 Å². The molecule has 1 aliphatic heterocycles. The number of aromatic nitrogens is 1. The Bertz CT molecular complexity index is 545. The predicted octanol–water partition coefficient (Wildman–Crippen LogP) is 0.849. The van der Waals surface area contributed by atoms with Crippen LogP contribution in [0.25, 0.3) is 0 Å². The van der Waals surface area contributed by atoms with E-state index in [1.165, 1.54) is 4.90 Å². The summed E-state index contributed by atoms with van der Waals surface area (Å²) in [6, 6.07) is 5.71. The first kappa shape index (κ1) is 17.4. The molecule has 0 aliphatic carbocycles. The number of pyridine rings is 1. The van der Waals surface area contributed by atoms with Crippen LogP contribution in [0.3, 0.4) is 0 Å². The number of aliphatic hydroxyl groups excluding tert-OH is 1. The zero-order valence-electron chi connectivity index (χ0n) is 13.8. The quantitative estimate of drug-likeness (QED) is 0.843. The van der Waals surface area contributed by atoms with Crippen molar-refractivity contribution in [2.45, 2.75) is 44.6 Å². The minimum absolute atomic E-state index is 0.00576. The summed E-state index contributed by atoms with van der Waals surface area (Å²) in [4.78, 5) is 29.9. The second-order valence-electron chi connectivity index (χ2n) is 6.65. The molecule has 0 spiro atoms. The summed E-state index contributed by atoms with van der Waals surface area (Å²) < 4.78 is 0. The Morgan fingerprint density at radius 2 is 2.22 bits per heavy atom. The maximum absolute atomic E-state index is 12.1. The average Bonchev–Trinajstić information content (AvgIpc) is 2.70. The molecule has 0 saturated carbocycles. The van der Waals surface area contributed by atoms with E-state index in [2.05, 4.69) is 10.3 Å². The molecule has 23 heavy (non-hydrogen) atoms. The summed E-state index contributed by atoms with van der Waals surface area (Å²) >= 11 is 0. The fourth-order valence-corrected chi connectivity index (χ4v) is 2.64. The van der Waals surface area contributed by atoms with E-state index in [9.17, 15) is 14.7 Å². The lowest BCUT2D eigenvalue weighted by atomic mass is 9.88. The zero-order valence-corrected chi connectivity index (χ0v) is 13.8. The molecule has 1 aromatic heterocycles. The van der Waals surface area contributed by atoms with Gasteiger partial charge in [-0.05, 0) is 31.4 Å². The van der Waals surface area contributed by atoms with Crippen LogP contribution >= 0.6 is 0 Å². The van der Waals surface area contributed by atoms with Crippen LogP contribution in [0, 0.1) is 0 Å². The number of nitrogens with one attached hydrogen (secondary N) is 1. The lowest BCUT2D eigenvalue weighted by Crippen LogP contribution is -2.46. The molecule has 2 N–H and O–H groups in total. The average molecular weight is 319 g/mol. The minimum Gasteiger partial charge on any atom is -0.383 e. The van der Waals surface area contributed by atoms with Gasteiger partial charge in [0.1, 0.15) is 6.10 Å². The molecule has 1 fully saturated rings. The lowest BCUT2D eigenvalue weighted by molar-refractivity contribution is -0.142. The molecule has 2 heterocycles. The Kier molecular flexibility index (Phi) is 5.71. The molecule has 1 atom stereocenters. The molecular weight excluding hydrogens is 294 g/mol. The Morgan fingerprint density at radius 1 is 1.43 bits per heavy atom. The second kappa shape index (κ2) is 7.55. The largest absolute Gasteiger partial charge is 0.383 e. The molecule has 2 rings (SSSR count). The van der Waals surface area contributed by atoms with Gasteiger partial charge in [-0.15, -0.1) is 0 Å². The standard InChI is InChI=1S/C17H25N3O3/c1-17(2,14-8-3-5-9-18-14)12-19-15(22)11-20-10-6-4-7-13(21)16(20)23/h3,5,8-9,13,21H,4,6-7,10-12H2,1-2H3,(H,19,22). The van der Waals surface area contributed by atoms with Gasteiger partial charge in [0.15, 0.2) is 0 Å². The highest BCUT2D eigenvalue weighted by atomic mass is 16.3. The molecule has 1 aromatic rings. The fourth-order valence-electron chi connectivity index (χ4n) is 2.64. The summed E-state index contributed by atoms with van der Waals surface area (Å²) in [5.74, 6) is -0.557. The molecule has 0 aromatic carbocycles. The third kappa shape index (κ3) is 4.76. The van der Waals surface area contributed by atoms with E-state index in [1.807, 2.05) is 32.0 Å². The topological polar surface area (TPSA) is 82.5 Å². The van der Waals surface area contributed by atoms with Gasteiger partial charge in [-0.1, -0.05) is 19.9 Å². The summed E-state index contributed by atoms with van der Waals surface area (Å²) in [7, 11) is 0. The first-order valence-electron chi connectivity index (χ1n) is 8.05. The maximum Gasteiger partial charge on any atom is 0.251 e. The van der Waals surface area contributed by atoms with E-state index in [0.29, 0.717) is 19.5 Å². The predicted molar refractivity (Wildman–Crippen MR) is 86.7 cm³/mol. The lowest BCUT2D eigenvalue weighted by Gasteiger charge is -2.26. The van der Waals surface area contributed by atoms with Crippen LogP contribution in [-0.4, -0.2) is 52.5 Å². The normalized spacial score (nSPS) is 19.3. The van der Waals surface area contributed by atoms with Crippen molar-refractivity contribution in [1.29, 1.82) is 0 Å². The smallest absolute Gasteiger partial charge is 0.251 e. The molecule has 1 aliphatic rings. The number of rotatable bonds is 5. The summed E-state index contributed by atoms with van der Waals surface area (Å²) in [6.45, 7) is 4.97. The number of hydrogen-bond donors (Lipinski definition) is 2. The van der Waals surface area contributed by atoms with E-state index >= 15 is 0 Å². The molecule has 1 unspecified atom stereocenters. The molecule has 6 nitrogen and oxygen atoms in total. The van der Waals surface area contributed by atoms with Crippen LogP contribution in [-0.2, 0) is 15.0 Å². The Balaban J connectivity index is 1.88. The number of nitrogens with zero attached hydrogens (tertiary/aromatic N) is 2. The number of aliphatic hydroxyl groups is 1. The van der Waals surface area contributed by atoms with Crippen LogP contribution in [0.15, 0.2) is 24.4 Å². The summed E-state index contributed by atoms with van der Waals surface area (Å²) in [5, 5.41) is 12.6. The van der Waals surface area contributed by atoms with Crippen molar-refractivity contribution in [3.63, 3.8) is 0 Å². The van der Waals surface area contributed by atoms with Crippen molar-refractivity contribution in [3.05, 3.63) is 30.1 Å². The van der Waals surface area contributed by atoms with Gasteiger partial charge in [0.2, 0.25) is 5.91 Å². The van der Waals surface area contributed by atoms with E-state index < -0.39 is 6.10 Å². The molecule has 1 saturated heterocycles. The molecule has 0 bridgehead atoms. The van der Waals surface area contributed by atoms with Crippen LogP contribution in [0.5, 0.6) is 0 Å². The van der Waals surface area contributed by atoms with Gasteiger partial charge in [0.05, 0.1) is 6.54 Å². The van der Waals surface area contributed by atoms with Gasteiger partial charge in [0, 0.05) is 30.4 Å². The number of hydrogen-bond acceptors (Lipinski definition) is 4. The van der Waals surface area contributed by atoms with Gasteiger partial charge in [-0.25, -0.2) is 0 Å². The first-order chi connectivity index (χ1) is 10.9.